The monoisotopic (exact) mass is 299 g/mol. The lowest BCUT2D eigenvalue weighted by molar-refractivity contribution is 0.0928. The van der Waals surface area contributed by atoms with Crippen molar-refractivity contribution in [2.75, 3.05) is 32.7 Å². The number of nitrogens with one attached hydrogen (secondary N) is 1. The number of nitrogens with two attached hydrogens (primary N) is 1. The Morgan fingerprint density at radius 3 is 2.50 bits per heavy atom. The molecule has 0 saturated carbocycles. The second-order valence-corrected chi connectivity index (χ2v) is 5.97. The summed E-state index contributed by atoms with van der Waals surface area (Å²) in [5.74, 6) is 0.955. The zero-order valence-electron chi connectivity index (χ0n) is 13.2. The molecule has 22 heavy (non-hydrogen) atoms. The fourth-order valence-corrected chi connectivity index (χ4v) is 3.16. The van der Waals surface area contributed by atoms with E-state index in [2.05, 4.69) is 50.1 Å². The van der Waals surface area contributed by atoms with E-state index < -0.39 is 0 Å². The van der Waals surface area contributed by atoms with Crippen molar-refractivity contribution in [3.63, 3.8) is 0 Å². The van der Waals surface area contributed by atoms with Gasteiger partial charge in [-0.25, -0.2) is 4.98 Å². The summed E-state index contributed by atoms with van der Waals surface area (Å²) < 4.78 is 0. The summed E-state index contributed by atoms with van der Waals surface area (Å²) in [6.07, 6.45) is 1.92. The molecule has 1 aromatic carbocycles. The van der Waals surface area contributed by atoms with Gasteiger partial charge < -0.3 is 10.7 Å². The number of nitrogens with zero attached hydrogens (tertiary/aromatic N) is 3. The number of imidazole rings is 1. The second-order valence-electron chi connectivity index (χ2n) is 5.97. The van der Waals surface area contributed by atoms with Gasteiger partial charge in [0.25, 0.3) is 0 Å². The molecule has 5 nitrogen and oxygen atoms in total. The largest absolute Gasteiger partial charge is 0.345 e. The predicted molar refractivity (Wildman–Crippen MR) is 88.4 cm³/mol. The third kappa shape index (κ3) is 3.55. The van der Waals surface area contributed by atoms with Gasteiger partial charge in [0.2, 0.25) is 0 Å². The molecule has 1 aliphatic heterocycles. The molecule has 5 heteroatoms. The quantitative estimate of drug-likeness (QED) is 0.879. The number of hydrogen-bond acceptors (Lipinski definition) is 4. The third-order valence-corrected chi connectivity index (χ3v) is 4.40. The molecular weight excluding hydrogens is 274 g/mol. The van der Waals surface area contributed by atoms with E-state index in [1.54, 1.807) is 0 Å². The van der Waals surface area contributed by atoms with Crippen molar-refractivity contribution in [3.8, 4) is 0 Å². The molecule has 0 bridgehead atoms. The van der Waals surface area contributed by atoms with E-state index in [1.807, 2.05) is 13.1 Å². The summed E-state index contributed by atoms with van der Waals surface area (Å²) in [6, 6.07) is 10.9. The van der Waals surface area contributed by atoms with Crippen LogP contribution in [0.1, 0.15) is 23.1 Å². The van der Waals surface area contributed by atoms with E-state index >= 15 is 0 Å². The van der Waals surface area contributed by atoms with E-state index in [4.69, 9.17) is 5.73 Å². The highest BCUT2D eigenvalue weighted by molar-refractivity contribution is 5.14. The van der Waals surface area contributed by atoms with Crippen LogP contribution in [0.15, 0.2) is 36.5 Å². The molecule has 1 saturated heterocycles. The number of benzene rings is 1. The van der Waals surface area contributed by atoms with Crippen LogP contribution in [0.2, 0.25) is 0 Å². The van der Waals surface area contributed by atoms with Crippen LogP contribution < -0.4 is 5.73 Å². The average molecular weight is 299 g/mol. The fraction of sp³-hybridized carbons (Fsp3) is 0.471. The van der Waals surface area contributed by atoms with Gasteiger partial charge in [-0.1, -0.05) is 30.3 Å². The topological polar surface area (TPSA) is 61.2 Å². The average Bonchev–Trinajstić information content (AvgIpc) is 2.97. The number of aryl methyl sites for hydroxylation is 1. The van der Waals surface area contributed by atoms with Crippen LogP contribution in [0, 0.1) is 6.92 Å². The number of H-pyrrole nitrogens is 1. The molecule has 2 heterocycles. The van der Waals surface area contributed by atoms with E-state index in [0.29, 0.717) is 6.54 Å². The highest BCUT2D eigenvalue weighted by Crippen LogP contribution is 2.20. The molecule has 118 valence electrons. The maximum Gasteiger partial charge on any atom is 0.103 e. The van der Waals surface area contributed by atoms with Crippen LogP contribution in [0.25, 0.3) is 0 Å². The predicted octanol–water partition coefficient (Wildman–Crippen LogP) is 1.54. The van der Waals surface area contributed by atoms with Gasteiger partial charge in [-0.05, 0) is 12.5 Å². The van der Waals surface area contributed by atoms with E-state index in [0.717, 1.165) is 44.2 Å². The van der Waals surface area contributed by atoms with Crippen LogP contribution in [-0.4, -0.2) is 52.5 Å². The Morgan fingerprint density at radius 2 is 1.91 bits per heavy atom. The van der Waals surface area contributed by atoms with Gasteiger partial charge in [0.15, 0.2) is 0 Å². The zero-order chi connectivity index (χ0) is 15.4. The molecule has 3 N–H and O–H groups in total. The Balaban J connectivity index is 1.56. The fourth-order valence-electron chi connectivity index (χ4n) is 3.16. The molecule has 0 amide bonds. The molecule has 1 aliphatic rings. The first kappa shape index (κ1) is 15.2. The zero-order valence-corrected chi connectivity index (χ0v) is 13.2. The summed E-state index contributed by atoms with van der Waals surface area (Å²) in [5, 5.41) is 0. The minimum absolute atomic E-state index is 0.250. The summed E-state index contributed by atoms with van der Waals surface area (Å²) >= 11 is 0. The van der Waals surface area contributed by atoms with Crippen molar-refractivity contribution < 1.29 is 0 Å². The molecule has 1 aromatic heterocycles. The maximum absolute atomic E-state index is 6.00. The molecular formula is C17H25N5. The lowest BCUT2D eigenvalue weighted by Gasteiger charge is -2.38. The molecule has 1 unspecified atom stereocenters. The first-order valence-corrected chi connectivity index (χ1v) is 7.98. The van der Waals surface area contributed by atoms with E-state index in [-0.39, 0.29) is 6.04 Å². The van der Waals surface area contributed by atoms with Crippen molar-refractivity contribution in [2.24, 2.45) is 5.73 Å². The van der Waals surface area contributed by atoms with Crippen LogP contribution in [0.5, 0.6) is 0 Å². The molecule has 1 fully saturated rings. The summed E-state index contributed by atoms with van der Waals surface area (Å²) in [5.41, 5.74) is 8.52. The first-order chi connectivity index (χ1) is 10.8. The van der Waals surface area contributed by atoms with Crippen LogP contribution in [-0.2, 0) is 6.54 Å². The number of aromatic amines is 1. The molecule has 0 spiro atoms. The Hall–Kier alpha value is -1.69. The van der Waals surface area contributed by atoms with Crippen LogP contribution in [0.3, 0.4) is 0 Å². The first-order valence-electron chi connectivity index (χ1n) is 7.98. The Kier molecular flexibility index (Phi) is 4.87. The minimum atomic E-state index is 0.250. The highest BCUT2D eigenvalue weighted by atomic mass is 15.3. The number of hydrogen-bond donors (Lipinski definition) is 2. The van der Waals surface area contributed by atoms with Gasteiger partial charge in [-0.15, -0.1) is 0 Å². The maximum atomic E-state index is 6.00. The number of aromatic nitrogens is 2. The van der Waals surface area contributed by atoms with Gasteiger partial charge in [-0.2, -0.15) is 0 Å². The second kappa shape index (κ2) is 7.05. The lowest BCUT2D eigenvalue weighted by atomic mass is 10.1. The van der Waals surface area contributed by atoms with E-state index in [1.165, 1.54) is 5.56 Å². The van der Waals surface area contributed by atoms with E-state index in [9.17, 15) is 0 Å². The van der Waals surface area contributed by atoms with Crippen molar-refractivity contribution >= 4 is 0 Å². The molecule has 3 rings (SSSR count). The highest BCUT2D eigenvalue weighted by Gasteiger charge is 2.25. The summed E-state index contributed by atoms with van der Waals surface area (Å²) in [4.78, 5) is 12.6. The molecule has 0 radical (unpaired) electrons. The van der Waals surface area contributed by atoms with Gasteiger partial charge in [0, 0.05) is 45.5 Å². The Labute approximate surface area is 132 Å². The SMILES string of the molecule is Cc1ncc(C(CN)N2CCN(Cc3ccccc3)CC2)[nH]1. The summed E-state index contributed by atoms with van der Waals surface area (Å²) in [7, 11) is 0. The Bertz CT molecular complexity index is 572. The van der Waals surface area contributed by atoms with Gasteiger partial charge in [0.1, 0.15) is 5.82 Å². The van der Waals surface area contributed by atoms with Crippen molar-refractivity contribution in [1.82, 2.24) is 19.8 Å². The minimum Gasteiger partial charge on any atom is -0.345 e. The lowest BCUT2D eigenvalue weighted by Crippen LogP contribution is -2.48. The van der Waals surface area contributed by atoms with Crippen molar-refractivity contribution in [2.45, 2.75) is 19.5 Å². The molecule has 2 aromatic rings. The smallest absolute Gasteiger partial charge is 0.103 e. The normalized spacial score (nSPS) is 18.5. The third-order valence-electron chi connectivity index (χ3n) is 4.40. The summed E-state index contributed by atoms with van der Waals surface area (Å²) in [6.45, 7) is 7.90. The van der Waals surface area contributed by atoms with Crippen LogP contribution in [0.4, 0.5) is 0 Å². The van der Waals surface area contributed by atoms with Gasteiger partial charge in [-0.3, -0.25) is 9.80 Å². The standard InChI is InChI=1S/C17H25N5/c1-14-19-12-16(20-14)17(11-18)22-9-7-21(8-10-22)13-15-5-3-2-4-6-15/h2-6,12,17H,7-11,13,18H2,1H3,(H,19,20). The van der Waals surface area contributed by atoms with Gasteiger partial charge in [0.05, 0.1) is 11.7 Å². The Morgan fingerprint density at radius 1 is 1.18 bits per heavy atom. The molecule has 0 aliphatic carbocycles. The van der Waals surface area contributed by atoms with Gasteiger partial charge >= 0.3 is 0 Å². The van der Waals surface area contributed by atoms with Crippen molar-refractivity contribution in [3.05, 3.63) is 53.6 Å². The molecule has 1 atom stereocenters. The van der Waals surface area contributed by atoms with Crippen molar-refractivity contribution in [1.29, 1.82) is 0 Å². The number of rotatable bonds is 5. The van der Waals surface area contributed by atoms with Crippen LogP contribution >= 0.6 is 0 Å². The number of piperazine rings is 1.